The normalized spacial score (nSPS) is 27.2. The first-order valence-corrected chi connectivity index (χ1v) is 9.99. The third-order valence-corrected chi connectivity index (χ3v) is 5.52. The molecule has 2 fully saturated rings. The van der Waals surface area contributed by atoms with Crippen molar-refractivity contribution < 1.29 is 24.1 Å². The fourth-order valence-electron chi connectivity index (χ4n) is 4.43. The van der Waals surface area contributed by atoms with Gasteiger partial charge >= 0.3 is 6.09 Å². The van der Waals surface area contributed by atoms with Crippen molar-refractivity contribution in [3.63, 3.8) is 0 Å². The van der Waals surface area contributed by atoms with Crippen molar-refractivity contribution >= 4 is 6.09 Å². The summed E-state index contributed by atoms with van der Waals surface area (Å²) in [5, 5.41) is 11.1. The van der Waals surface area contributed by atoms with E-state index in [1.54, 1.807) is 0 Å². The van der Waals surface area contributed by atoms with Gasteiger partial charge in [-0.3, -0.25) is 0 Å². The molecule has 6 nitrogen and oxygen atoms in total. The average Bonchev–Trinajstić information content (AvgIpc) is 2.93. The van der Waals surface area contributed by atoms with E-state index < -0.39 is 11.9 Å². The molecule has 2 saturated heterocycles. The molecule has 0 aromatic heterocycles. The SMILES string of the molecule is CCOC(CC1(O)CC2CCC(C1)N2C(=O)OCc1ccccc1)OCC. The van der Waals surface area contributed by atoms with Crippen LogP contribution in [0.15, 0.2) is 30.3 Å². The van der Waals surface area contributed by atoms with Crippen LogP contribution in [0.1, 0.15) is 51.5 Å². The lowest BCUT2D eigenvalue weighted by atomic mass is 9.83. The number of rotatable bonds is 8. The Bertz CT molecular complexity index is 588. The zero-order valence-corrected chi connectivity index (χ0v) is 16.3. The molecule has 6 heteroatoms. The van der Waals surface area contributed by atoms with E-state index in [1.807, 2.05) is 49.1 Å². The van der Waals surface area contributed by atoms with Crippen molar-refractivity contribution in [3.05, 3.63) is 35.9 Å². The molecule has 2 aliphatic heterocycles. The minimum Gasteiger partial charge on any atom is -0.445 e. The van der Waals surface area contributed by atoms with Crippen molar-refractivity contribution in [2.24, 2.45) is 0 Å². The Morgan fingerprint density at radius 1 is 1.15 bits per heavy atom. The molecular formula is C21H31NO5. The molecule has 2 bridgehead atoms. The largest absolute Gasteiger partial charge is 0.445 e. The van der Waals surface area contributed by atoms with Crippen LogP contribution in [-0.2, 0) is 20.8 Å². The van der Waals surface area contributed by atoms with E-state index in [1.165, 1.54) is 0 Å². The lowest BCUT2D eigenvalue weighted by Gasteiger charge is -2.44. The van der Waals surface area contributed by atoms with Gasteiger partial charge in [0.15, 0.2) is 6.29 Å². The lowest BCUT2D eigenvalue weighted by Crippen LogP contribution is -2.54. The summed E-state index contributed by atoms with van der Waals surface area (Å²) in [5.74, 6) is 0. The summed E-state index contributed by atoms with van der Waals surface area (Å²) < 4.78 is 16.8. The molecule has 0 radical (unpaired) electrons. The molecule has 150 valence electrons. The van der Waals surface area contributed by atoms with E-state index in [9.17, 15) is 9.90 Å². The van der Waals surface area contributed by atoms with Crippen LogP contribution in [0, 0.1) is 0 Å². The predicted octanol–water partition coefficient (Wildman–Crippen LogP) is 3.47. The number of fused-ring (bicyclic) bond motifs is 2. The zero-order valence-electron chi connectivity index (χ0n) is 16.3. The van der Waals surface area contributed by atoms with Crippen LogP contribution in [0.3, 0.4) is 0 Å². The summed E-state index contributed by atoms with van der Waals surface area (Å²) in [6.07, 6.45) is 2.65. The maximum absolute atomic E-state index is 12.6. The fraction of sp³-hybridized carbons (Fsp3) is 0.667. The Labute approximate surface area is 161 Å². The number of hydrogen-bond acceptors (Lipinski definition) is 5. The summed E-state index contributed by atoms with van der Waals surface area (Å²) in [5.41, 5.74) is 0.111. The Morgan fingerprint density at radius 3 is 2.30 bits per heavy atom. The minimum atomic E-state index is -0.864. The molecule has 2 unspecified atom stereocenters. The van der Waals surface area contributed by atoms with Crippen LogP contribution < -0.4 is 0 Å². The number of piperidine rings is 1. The number of benzene rings is 1. The molecule has 3 rings (SSSR count). The van der Waals surface area contributed by atoms with Gasteiger partial charge < -0.3 is 24.2 Å². The third-order valence-electron chi connectivity index (χ3n) is 5.52. The Balaban J connectivity index is 1.58. The van der Waals surface area contributed by atoms with Gasteiger partial charge in [-0.05, 0) is 45.1 Å². The number of carbonyl (C=O) groups is 1. The van der Waals surface area contributed by atoms with E-state index in [-0.39, 0.29) is 24.8 Å². The van der Waals surface area contributed by atoms with Crippen LogP contribution in [0.5, 0.6) is 0 Å². The summed E-state index contributed by atoms with van der Waals surface area (Å²) in [6, 6.07) is 9.72. The van der Waals surface area contributed by atoms with Gasteiger partial charge in [-0.25, -0.2) is 4.79 Å². The van der Waals surface area contributed by atoms with Gasteiger partial charge in [0.1, 0.15) is 6.61 Å². The van der Waals surface area contributed by atoms with E-state index >= 15 is 0 Å². The summed E-state index contributed by atoms with van der Waals surface area (Å²) >= 11 is 0. The molecule has 1 amide bonds. The Hall–Kier alpha value is -1.63. The number of aliphatic hydroxyl groups is 1. The zero-order chi connectivity index (χ0) is 19.3. The van der Waals surface area contributed by atoms with Gasteiger partial charge in [0, 0.05) is 31.7 Å². The molecule has 27 heavy (non-hydrogen) atoms. The maximum Gasteiger partial charge on any atom is 0.410 e. The van der Waals surface area contributed by atoms with Crippen LogP contribution >= 0.6 is 0 Å². The van der Waals surface area contributed by atoms with Gasteiger partial charge in [-0.1, -0.05) is 30.3 Å². The first kappa shape index (κ1) is 20.1. The highest BCUT2D eigenvalue weighted by Crippen LogP contribution is 2.43. The van der Waals surface area contributed by atoms with Crippen LogP contribution in [0.4, 0.5) is 4.79 Å². The second-order valence-corrected chi connectivity index (χ2v) is 7.51. The van der Waals surface area contributed by atoms with E-state index in [2.05, 4.69) is 0 Å². The Kier molecular flexibility index (Phi) is 6.73. The molecule has 2 heterocycles. The number of carbonyl (C=O) groups excluding carboxylic acids is 1. The van der Waals surface area contributed by atoms with E-state index in [4.69, 9.17) is 14.2 Å². The standard InChI is InChI=1S/C21H31NO5/c1-3-25-19(26-4-2)14-21(24)12-17-10-11-18(13-21)22(17)20(23)27-15-16-8-6-5-7-9-16/h5-9,17-19,24H,3-4,10-15H2,1-2H3. The number of amides is 1. The summed E-state index contributed by atoms with van der Waals surface area (Å²) in [6.45, 7) is 5.21. The van der Waals surface area contributed by atoms with E-state index in [0.29, 0.717) is 32.5 Å². The second-order valence-electron chi connectivity index (χ2n) is 7.51. The van der Waals surface area contributed by atoms with Gasteiger partial charge in [-0.15, -0.1) is 0 Å². The monoisotopic (exact) mass is 377 g/mol. The molecule has 0 aliphatic carbocycles. The topological polar surface area (TPSA) is 68.2 Å². The van der Waals surface area contributed by atoms with Gasteiger partial charge in [0.2, 0.25) is 0 Å². The van der Waals surface area contributed by atoms with Crippen molar-refractivity contribution in [2.45, 2.75) is 76.5 Å². The van der Waals surface area contributed by atoms with Gasteiger partial charge in [0.25, 0.3) is 0 Å². The van der Waals surface area contributed by atoms with Gasteiger partial charge in [-0.2, -0.15) is 0 Å². The van der Waals surface area contributed by atoms with E-state index in [0.717, 1.165) is 18.4 Å². The summed E-state index contributed by atoms with van der Waals surface area (Å²) in [4.78, 5) is 14.5. The van der Waals surface area contributed by atoms with Crippen LogP contribution in [-0.4, -0.2) is 53.3 Å². The van der Waals surface area contributed by atoms with Crippen molar-refractivity contribution in [2.75, 3.05) is 13.2 Å². The maximum atomic E-state index is 12.6. The Morgan fingerprint density at radius 2 is 1.74 bits per heavy atom. The van der Waals surface area contributed by atoms with Crippen LogP contribution in [0.25, 0.3) is 0 Å². The molecule has 0 saturated carbocycles. The quantitative estimate of drug-likeness (QED) is 0.703. The highest BCUT2D eigenvalue weighted by atomic mass is 16.7. The predicted molar refractivity (Wildman–Crippen MR) is 101 cm³/mol. The number of hydrogen-bond donors (Lipinski definition) is 1. The third kappa shape index (κ3) is 5.00. The van der Waals surface area contributed by atoms with Crippen molar-refractivity contribution in [1.29, 1.82) is 0 Å². The van der Waals surface area contributed by atoms with Crippen molar-refractivity contribution in [1.82, 2.24) is 4.90 Å². The lowest BCUT2D eigenvalue weighted by molar-refractivity contribution is -0.179. The smallest absolute Gasteiger partial charge is 0.410 e. The molecule has 2 aliphatic rings. The van der Waals surface area contributed by atoms with Crippen LogP contribution in [0.2, 0.25) is 0 Å². The summed E-state index contributed by atoms with van der Waals surface area (Å²) in [7, 11) is 0. The molecular weight excluding hydrogens is 346 g/mol. The molecule has 1 aromatic rings. The molecule has 0 spiro atoms. The first-order valence-electron chi connectivity index (χ1n) is 9.99. The fourth-order valence-corrected chi connectivity index (χ4v) is 4.43. The highest BCUT2D eigenvalue weighted by Gasteiger charge is 2.50. The van der Waals surface area contributed by atoms with Gasteiger partial charge in [0.05, 0.1) is 5.60 Å². The molecule has 2 atom stereocenters. The van der Waals surface area contributed by atoms with Crippen molar-refractivity contribution in [3.8, 4) is 0 Å². The highest BCUT2D eigenvalue weighted by molar-refractivity contribution is 5.69. The minimum absolute atomic E-state index is 0.0147. The molecule has 1 N–H and O–H groups in total. The second kappa shape index (κ2) is 9.04. The first-order chi connectivity index (χ1) is 13.0. The molecule has 1 aromatic carbocycles. The number of nitrogens with zero attached hydrogens (tertiary/aromatic N) is 1. The number of ether oxygens (including phenoxy) is 3. The average molecular weight is 377 g/mol.